The standard InChI is InChI=1S/C23H21F2N7O4S3/c1-12(2)38(33,34)17-5-4-13(10-27-17)15-8-14(39(35,36)31-23(11-26)6-7-23)9-16-18(30-32(3)19(15)16)21-28-29-22(37-21)20(24)25/h4-5,8-10,12,20,31H,6-7H2,1-3H3. The van der Waals surface area contributed by atoms with Gasteiger partial charge in [0.15, 0.2) is 24.9 Å². The van der Waals surface area contributed by atoms with E-state index in [2.05, 4.69) is 25.0 Å². The number of halogens is 2. The Morgan fingerprint density at radius 2 is 1.87 bits per heavy atom. The normalized spacial score (nSPS) is 15.2. The average Bonchev–Trinajstić information content (AvgIpc) is 3.31. The molecule has 0 spiro atoms. The Balaban J connectivity index is 1.74. The van der Waals surface area contributed by atoms with Crippen LogP contribution in [0.25, 0.3) is 32.7 Å². The van der Waals surface area contributed by atoms with Crippen molar-refractivity contribution in [2.24, 2.45) is 7.05 Å². The summed E-state index contributed by atoms with van der Waals surface area (Å²) in [5.41, 5.74) is 0.117. The quantitative estimate of drug-likeness (QED) is 0.322. The largest absolute Gasteiger partial charge is 0.291 e. The van der Waals surface area contributed by atoms with Crippen molar-refractivity contribution in [2.75, 3.05) is 0 Å². The molecule has 0 radical (unpaired) electrons. The Morgan fingerprint density at radius 1 is 1.15 bits per heavy atom. The third kappa shape index (κ3) is 4.80. The number of rotatable bonds is 8. The first-order valence-electron chi connectivity index (χ1n) is 11.6. The average molecular weight is 594 g/mol. The highest BCUT2D eigenvalue weighted by atomic mass is 32.2. The molecule has 1 fully saturated rings. The number of benzene rings is 1. The Hall–Kier alpha value is -3.39. The fourth-order valence-electron chi connectivity index (χ4n) is 3.97. The van der Waals surface area contributed by atoms with Crippen LogP contribution in [-0.4, -0.2) is 52.6 Å². The number of sulfone groups is 1. The van der Waals surface area contributed by atoms with Crippen molar-refractivity contribution in [3.05, 3.63) is 35.5 Å². The number of nitrogens with zero attached hydrogens (tertiary/aromatic N) is 6. The maximum atomic E-state index is 13.4. The van der Waals surface area contributed by atoms with Gasteiger partial charge in [-0.3, -0.25) is 4.68 Å². The first kappa shape index (κ1) is 27.2. The van der Waals surface area contributed by atoms with E-state index in [4.69, 9.17) is 0 Å². The van der Waals surface area contributed by atoms with Gasteiger partial charge < -0.3 is 0 Å². The van der Waals surface area contributed by atoms with Crippen LogP contribution >= 0.6 is 11.3 Å². The maximum absolute atomic E-state index is 13.4. The number of aryl methyl sites for hydroxylation is 1. The van der Waals surface area contributed by atoms with E-state index in [1.165, 1.54) is 49.0 Å². The highest BCUT2D eigenvalue weighted by molar-refractivity contribution is 7.92. The molecule has 0 unspecified atom stereocenters. The molecule has 0 atom stereocenters. The molecule has 3 aromatic heterocycles. The Morgan fingerprint density at radius 3 is 2.41 bits per heavy atom. The fourth-order valence-corrected chi connectivity index (χ4v) is 7.04. The molecule has 1 aliphatic rings. The summed E-state index contributed by atoms with van der Waals surface area (Å²) in [6.07, 6.45) is -0.785. The van der Waals surface area contributed by atoms with Crippen molar-refractivity contribution in [3.63, 3.8) is 0 Å². The van der Waals surface area contributed by atoms with Gasteiger partial charge in [-0.2, -0.15) is 15.1 Å². The SMILES string of the molecule is CC(C)S(=O)(=O)c1ccc(-c2cc(S(=O)(=O)NC3(C#N)CC3)cc3c(-c4nnc(C(F)F)s4)nn(C)c23)cn1. The van der Waals surface area contributed by atoms with Crippen molar-refractivity contribution in [3.8, 4) is 27.9 Å². The van der Waals surface area contributed by atoms with Crippen molar-refractivity contribution < 1.29 is 25.6 Å². The summed E-state index contributed by atoms with van der Waals surface area (Å²) in [6, 6.07) is 7.54. The van der Waals surface area contributed by atoms with Crippen LogP contribution in [0.4, 0.5) is 8.78 Å². The molecule has 11 nitrogen and oxygen atoms in total. The molecule has 0 bridgehead atoms. The van der Waals surface area contributed by atoms with Gasteiger partial charge in [-0.25, -0.2) is 30.6 Å². The summed E-state index contributed by atoms with van der Waals surface area (Å²) >= 11 is 0.633. The number of hydrogen-bond acceptors (Lipinski definition) is 10. The minimum atomic E-state index is -4.21. The highest BCUT2D eigenvalue weighted by Crippen LogP contribution is 2.40. The Labute approximate surface area is 226 Å². The zero-order valence-electron chi connectivity index (χ0n) is 20.8. The molecule has 1 aromatic carbocycles. The molecule has 39 heavy (non-hydrogen) atoms. The van der Waals surface area contributed by atoms with E-state index in [0.29, 0.717) is 40.8 Å². The lowest BCUT2D eigenvalue weighted by atomic mass is 10.0. The molecule has 1 aliphatic carbocycles. The van der Waals surface area contributed by atoms with Crippen LogP contribution in [0.3, 0.4) is 0 Å². The van der Waals surface area contributed by atoms with Crippen LogP contribution in [-0.2, 0) is 26.9 Å². The van der Waals surface area contributed by atoms with E-state index in [9.17, 15) is 30.9 Å². The number of hydrogen-bond donors (Lipinski definition) is 1. The van der Waals surface area contributed by atoms with Crippen molar-refractivity contribution in [1.82, 2.24) is 29.7 Å². The summed E-state index contributed by atoms with van der Waals surface area (Å²) in [4.78, 5) is 3.92. The second kappa shape index (κ2) is 9.37. The lowest BCUT2D eigenvalue weighted by Gasteiger charge is -2.13. The number of fused-ring (bicyclic) bond motifs is 1. The minimum Gasteiger partial charge on any atom is -0.267 e. The summed E-state index contributed by atoms with van der Waals surface area (Å²) in [6.45, 7) is 3.07. The van der Waals surface area contributed by atoms with Gasteiger partial charge in [0, 0.05) is 29.8 Å². The minimum absolute atomic E-state index is 0.0662. The molecule has 1 N–H and O–H groups in total. The van der Waals surface area contributed by atoms with E-state index < -0.39 is 42.1 Å². The fraction of sp³-hybridized carbons (Fsp3) is 0.348. The monoisotopic (exact) mass is 593 g/mol. The highest BCUT2D eigenvalue weighted by Gasteiger charge is 2.47. The van der Waals surface area contributed by atoms with Gasteiger partial charge in [0.1, 0.15) is 11.2 Å². The number of sulfonamides is 1. The third-order valence-corrected chi connectivity index (χ3v) is 10.8. The lowest BCUT2D eigenvalue weighted by molar-refractivity contribution is 0.150. The van der Waals surface area contributed by atoms with Crippen LogP contribution in [0, 0.1) is 11.3 Å². The smallest absolute Gasteiger partial charge is 0.267 e. The van der Waals surface area contributed by atoms with Gasteiger partial charge in [-0.05, 0) is 51.0 Å². The van der Waals surface area contributed by atoms with Gasteiger partial charge in [-0.1, -0.05) is 11.3 Å². The molecule has 0 aliphatic heterocycles. The van der Waals surface area contributed by atoms with Crippen molar-refractivity contribution >= 4 is 42.1 Å². The first-order valence-corrected chi connectivity index (χ1v) is 15.4. The van der Waals surface area contributed by atoms with Crippen molar-refractivity contribution in [1.29, 1.82) is 5.26 Å². The van der Waals surface area contributed by atoms with Crippen LogP contribution in [0.5, 0.6) is 0 Å². The molecule has 5 rings (SSSR count). The molecule has 0 amide bonds. The summed E-state index contributed by atoms with van der Waals surface area (Å²) in [5.74, 6) is 0. The molecular formula is C23H21F2N7O4S3. The summed E-state index contributed by atoms with van der Waals surface area (Å²) in [5, 5.41) is 20.2. The topological polar surface area (TPSA) is 161 Å². The zero-order valence-corrected chi connectivity index (χ0v) is 23.2. The molecule has 4 aromatic rings. The van der Waals surface area contributed by atoms with Gasteiger partial charge in [0.05, 0.1) is 21.7 Å². The maximum Gasteiger partial charge on any atom is 0.291 e. The van der Waals surface area contributed by atoms with Crippen LogP contribution in [0.15, 0.2) is 40.4 Å². The van der Waals surface area contributed by atoms with E-state index in [1.807, 2.05) is 6.07 Å². The van der Waals surface area contributed by atoms with Gasteiger partial charge >= 0.3 is 0 Å². The van der Waals surface area contributed by atoms with Crippen molar-refractivity contribution in [2.45, 2.75) is 53.8 Å². The molecule has 16 heteroatoms. The second-order valence-electron chi connectivity index (χ2n) is 9.36. The Bertz CT molecular complexity index is 1860. The molecule has 0 saturated heterocycles. The van der Waals surface area contributed by atoms with E-state index in [0.717, 1.165) is 0 Å². The third-order valence-electron chi connectivity index (χ3n) is 6.31. The molecule has 1 saturated carbocycles. The predicted molar refractivity (Wildman–Crippen MR) is 138 cm³/mol. The van der Waals surface area contributed by atoms with Gasteiger partial charge in [-0.15, -0.1) is 10.2 Å². The Kier molecular flexibility index (Phi) is 6.53. The second-order valence-corrected chi connectivity index (χ2v) is 14.5. The summed E-state index contributed by atoms with van der Waals surface area (Å²) in [7, 11) is -6.27. The molecule has 204 valence electrons. The van der Waals surface area contributed by atoms with Crippen LogP contribution < -0.4 is 4.72 Å². The number of pyridine rings is 1. The lowest BCUT2D eigenvalue weighted by Crippen LogP contribution is -2.35. The van der Waals surface area contributed by atoms with Gasteiger partial charge in [0.2, 0.25) is 10.0 Å². The number of aromatic nitrogens is 5. The van der Waals surface area contributed by atoms with Gasteiger partial charge in [0.25, 0.3) is 6.43 Å². The first-order chi connectivity index (χ1) is 18.3. The predicted octanol–water partition coefficient (Wildman–Crippen LogP) is 3.61. The molecular weight excluding hydrogens is 572 g/mol. The van der Waals surface area contributed by atoms with E-state index in [-0.39, 0.29) is 26.0 Å². The van der Waals surface area contributed by atoms with E-state index >= 15 is 0 Å². The number of nitriles is 1. The van der Waals surface area contributed by atoms with Crippen LogP contribution in [0.1, 0.15) is 38.1 Å². The number of nitrogens with one attached hydrogen (secondary N) is 1. The molecule has 3 heterocycles. The van der Waals surface area contributed by atoms with E-state index in [1.54, 1.807) is 7.05 Å². The van der Waals surface area contributed by atoms with Crippen LogP contribution in [0.2, 0.25) is 0 Å². The number of alkyl halides is 2. The zero-order chi connectivity index (χ0) is 28.3. The summed E-state index contributed by atoms with van der Waals surface area (Å²) < 4.78 is 82.2.